The van der Waals surface area contributed by atoms with Gasteiger partial charge in [0.25, 0.3) is 5.91 Å². The zero-order valence-electron chi connectivity index (χ0n) is 8.60. The van der Waals surface area contributed by atoms with Gasteiger partial charge in [-0.25, -0.2) is 0 Å². The van der Waals surface area contributed by atoms with E-state index in [1.54, 1.807) is 13.8 Å². The summed E-state index contributed by atoms with van der Waals surface area (Å²) < 4.78 is 3.66. The Labute approximate surface area is 91.7 Å². The lowest BCUT2D eigenvalue weighted by atomic mass is 10.2. The van der Waals surface area contributed by atoms with E-state index in [1.807, 2.05) is 0 Å². The van der Waals surface area contributed by atoms with Crippen LogP contribution in [0.2, 0.25) is 0 Å². The molecule has 1 aromatic heterocycles. The molecule has 2 atom stereocenters. The van der Waals surface area contributed by atoms with Crippen LogP contribution in [0.15, 0.2) is 0 Å². The van der Waals surface area contributed by atoms with Gasteiger partial charge in [-0.1, -0.05) is 4.49 Å². The lowest BCUT2D eigenvalue weighted by molar-refractivity contribution is 0.0941. The summed E-state index contributed by atoms with van der Waals surface area (Å²) >= 11 is 1.04. The lowest BCUT2D eigenvalue weighted by Crippen LogP contribution is -2.43. The van der Waals surface area contributed by atoms with E-state index in [2.05, 4.69) is 14.9 Å². The number of nitrogens with zero attached hydrogens (tertiary/aromatic N) is 2. The first-order valence-corrected chi connectivity index (χ1v) is 5.30. The Kier molecular flexibility index (Phi) is 4.13. The molecule has 0 radical (unpaired) electrons. The number of aromatic nitrogens is 2. The smallest absolute Gasteiger partial charge is 0.264 e. The summed E-state index contributed by atoms with van der Waals surface area (Å²) in [5.41, 5.74) is 6.16. The third-order valence-corrected chi connectivity index (χ3v) is 2.80. The van der Waals surface area contributed by atoms with Gasteiger partial charge >= 0.3 is 0 Å². The Bertz CT molecular complexity index is 339. The summed E-state index contributed by atoms with van der Waals surface area (Å²) in [4.78, 5) is 12.0. The number of aliphatic hydroxyl groups is 1. The van der Waals surface area contributed by atoms with Gasteiger partial charge < -0.3 is 16.2 Å². The van der Waals surface area contributed by atoms with Crippen molar-refractivity contribution in [3.05, 3.63) is 10.6 Å². The summed E-state index contributed by atoms with van der Waals surface area (Å²) in [7, 11) is 0. The number of hydrogen-bond acceptors (Lipinski definition) is 6. The molecule has 0 saturated carbocycles. The van der Waals surface area contributed by atoms with Gasteiger partial charge in [0.2, 0.25) is 0 Å². The van der Waals surface area contributed by atoms with Crippen LogP contribution in [-0.2, 0) is 0 Å². The SMILES string of the molecule is Cc1nnsc1C(=O)NCC(N)C(C)O. The highest BCUT2D eigenvalue weighted by Gasteiger charge is 2.15. The van der Waals surface area contributed by atoms with Gasteiger partial charge in [-0.15, -0.1) is 5.10 Å². The van der Waals surface area contributed by atoms with Gasteiger partial charge in [-0.05, 0) is 25.4 Å². The van der Waals surface area contributed by atoms with E-state index in [-0.39, 0.29) is 12.5 Å². The fourth-order valence-electron chi connectivity index (χ4n) is 0.901. The van der Waals surface area contributed by atoms with Gasteiger partial charge in [0.05, 0.1) is 11.8 Å². The largest absolute Gasteiger partial charge is 0.392 e. The second-order valence-corrected chi connectivity index (χ2v) is 4.06. The summed E-state index contributed by atoms with van der Waals surface area (Å²) in [6.07, 6.45) is -0.647. The fraction of sp³-hybridized carbons (Fsp3) is 0.625. The molecule has 0 fully saturated rings. The molecule has 2 unspecified atom stereocenters. The maximum absolute atomic E-state index is 11.5. The normalized spacial score (nSPS) is 14.7. The number of nitrogens with two attached hydrogens (primary N) is 1. The molecule has 1 aromatic rings. The lowest BCUT2D eigenvalue weighted by Gasteiger charge is -2.14. The minimum absolute atomic E-state index is 0.230. The van der Waals surface area contributed by atoms with E-state index in [0.717, 1.165) is 11.5 Å². The van der Waals surface area contributed by atoms with E-state index >= 15 is 0 Å². The molecular weight excluding hydrogens is 216 g/mol. The zero-order valence-corrected chi connectivity index (χ0v) is 9.41. The van der Waals surface area contributed by atoms with Crippen LogP contribution in [0.5, 0.6) is 0 Å². The molecule has 0 aliphatic heterocycles. The van der Waals surface area contributed by atoms with Gasteiger partial charge in [0, 0.05) is 12.6 Å². The van der Waals surface area contributed by atoms with Crippen molar-refractivity contribution in [3.8, 4) is 0 Å². The zero-order chi connectivity index (χ0) is 11.4. The first-order valence-electron chi connectivity index (χ1n) is 4.53. The highest BCUT2D eigenvalue weighted by molar-refractivity contribution is 7.07. The third-order valence-electron chi connectivity index (χ3n) is 1.98. The molecule has 0 aliphatic rings. The molecule has 0 aromatic carbocycles. The third kappa shape index (κ3) is 3.22. The minimum atomic E-state index is -0.647. The maximum Gasteiger partial charge on any atom is 0.264 e. The van der Waals surface area contributed by atoms with Crippen molar-refractivity contribution in [3.63, 3.8) is 0 Å². The summed E-state index contributed by atoms with van der Waals surface area (Å²) in [5.74, 6) is -0.251. The molecule has 4 N–H and O–H groups in total. The molecule has 84 valence electrons. The summed E-state index contributed by atoms with van der Waals surface area (Å²) in [6.45, 7) is 3.52. The van der Waals surface area contributed by atoms with Crippen molar-refractivity contribution in [1.82, 2.24) is 14.9 Å². The van der Waals surface area contributed by atoms with Gasteiger partial charge in [0.15, 0.2) is 0 Å². The van der Waals surface area contributed by atoms with E-state index in [4.69, 9.17) is 10.8 Å². The first kappa shape index (κ1) is 12.0. The molecule has 1 rings (SSSR count). The van der Waals surface area contributed by atoms with Crippen LogP contribution >= 0.6 is 11.5 Å². The minimum Gasteiger partial charge on any atom is -0.392 e. The Balaban J connectivity index is 2.47. The number of carbonyl (C=O) groups is 1. The van der Waals surface area contributed by atoms with Gasteiger partial charge in [-0.2, -0.15) is 0 Å². The predicted molar refractivity (Wildman–Crippen MR) is 56.6 cm³/mol. The van der Waals surface area contributed by atoms with Crippen LogP contribution in [0.3, 0.4) is 0 Å². The molecule has 1 amide bonds. The highest BCUT2D eigenvalue weighted by atomic mass is 32.1. The number of hydrogen-bond donors (Lipinski definition) is 3. The number of aryl methyl sites for hydroxylation is 1. The maximum atomic E-state index is 11.5. The molecule has 0 aliphatic carbocycles. The van der Waals surface area contributed by atoms with E-state index in [9.17, 15) is 4.79 Å². The average molecular weight is 230 g/mol. The molecule has 15 heavy (non-hydrogen) atoms. The highest BCUT2D eigenvalue weighted by Crippen LogP contribution is 2.08. The van der Waals surface area contributed by atoms with Crippen LogP contribution < -0.4 is 11.1 Å². The van der Waals surface area contributed by atoms with Crippen molar-refractivity contribution >= 4 is 17.4 Å². The molecule has 1 heterocycles. The van der Waals surface area contributed by atoms with E-state index in [0.29, 0.717) is 10.6 Å². The van der Waals surface area contributed by atoms with E-state index < -0.39 is 12.1 Å². The van der Waals surface area contributed by atoms with Crippen LogP contribution in [0, 0.1) is 6.92 Å². The average Bonchev–Trinajstić information content (AvgIpc) is 2.60. The van der Waals surface area contributed by atoms with Crippen LogP contribution in [-0.4, -0.2) is 39.3 Å². The quantitative estimate of drug-likeness (QED) is 0.634. The van der Waals surface area contributed by atoms with Crippen molar-refractivity contribution in [2.75, 3.05) is 6.54 Å². The Morgan fingerprint density at radius 2 is 2.40 bits per heavy atom. The van der Waals surface area contributed by atoms with Crippen LogP contribution in [0.4, 0.5) is 0 Å². The number of carbonyl (C=O) groups excluding carboxylic acids is 1. The topological polar surface area (TPSA) is 101 Å². The Morgan fingerprint density at radius 3 is 2.87 bits per heavy atom. The molecule has 6 nitrogen and oxygen atoms in total. The van der Waals surface area contributed by atoms with E-state index in [1.165, 1.54) is 0 Å². The van der Waals surface area contributed by atoms with Crippen LogP contribution in [0.25, 0.3) is 0 Å². The molecule has 0 bridgehead atoms. The fourth-order valence-corrected chi connectivity index (χ4v) is 1.47. The number of rotatable bonds is 4. The predicted octanol–water partition coefficient (Wildman–Crippen LogP) is -0.716. The summed E-state index contributed by atoms with van der Waals surface area (Å²) in [5, 5.41) is 15.5. The number of nitrogens with one attached hydrogen (secondary N) is 1. The van der Waals surface area contributed by atoms with Crippen molar-refractivity contribution in [2.24, 2.45) is 5.73 Å². The van der Waals surface area contributed by atoms with Crippen molar-refractivity contribution in [1.29, 1.82) is 0 Å². The molecular formula is C8H14N4O2S. The molecule has 0 spiro atoms. The second-order valence-electron chi connectivity index (χ2n) is 3.30. The standard InChI is InChI=1S/C8H14N4O2S/c1-4-7(15-12-11-4)8(14)10-3-6(9)5(2)13/h5-6,13H,3,9H2,1-2H3,(H,10,14). The molecule has 7 heteroatoms. The monoisotopic (exact) mass is 230 g/mol. The number of amides is 1. The van der Waals surface area contributed by atoms with Gasteiger partial charge in [0.1, 0.15) is 4.88 Å². The Hall–Kier alpha value is -1.05. The second kappa shape index (κ2) is 5.15. The Morgan fingerprint density at radius 1 is 1.73 bits per heavy atom. The molecule has 0 saturated heterocycles. The van der Waals surface area contributed by atoms with Crippen LogP contribution in [0.1, 0.15) is 22.3 Å². The summed E-state index contributed by atoms with van der Waals surface area (Å²) in [6, 6.07) is -0.463. The van der Waals surface area contributed by atoms with Crippen molar-refractivity contribution < 1.29 is 9.90 Å². The number of aliphatic hydroxyl groups excluding tert-OH is 1. The van der Waals surface area contributed by atoms with Gasteiger partial charge in [-0.3, -0.25) is 4.79 Å². The van der Waals surface area contributed by atoms with Crippen molar-refractivity contribution in [2.45, 2.75) is 26.0 Å². The first-order chi connectivity index (χ1) is 7.02.